The lowest BCUT2D eigenvalue weighted by atomic mass is 9.99. The van der Waals surface area contributed by atoms with Crippen LogP contribution in [0.2, 0.25) is 10.0 Å². The Morgan fingerprint density at radius 2 is 1.71 bits per heavy atom. The summed E-state index contributed by atoms with van der Waals surface area (Å²) < 4.78 is 39.9. The van der Waals surface area contributed by atoms with Gasteiger partial charge in [-0.05, 0) is 67.8 Å². The molecule has 0 saturated carbocycles. The number of aromatic nitrogens is 2. The van der Waals surface area contributed by atoms with Gasteiger partial charge in [0.25, 0.3) is 21.5 Å². The average Bonchev–Trinajstić information content (AvgIpc) is 3.48. The fraction of sp³-hybridized carbons (Fsp3) is 0.250. The molecule has 45 heavy (non-hydrogen) atoms. The molecule has 0 aliphatic rings. The summed E-state index contributed by atoms with van der Waals surface area (Å²) in [5.74, 6) is 0.0222. The summed E-state index contributed by atoms with van der Waals surface area (Å²) in [5.41, 5.74) is 1.85. The topological polar surface area (TPSA) is 107 Å². The van der Waals surface area contributed by atoms with Gasteiger partial charge in [0.2, 0.25) is 0 Å². The van der Waals surface area contributed by atoms with Crippen molar-refractivity contribution in [3.63, 3.8) is 0 Å². The zero-order valence-electron chi connectivity index (χ0n) is 25.4. The molecule has 0 saturated heterocycles. The Morgan fingerprint density at radius 1 is 1.04 bits per heavy atom. The van der Waals surface area contributed by atoms with Gasteiger partial charge in [-0.3, -0.25) is 19.0 Å². The molecule has 0 fully saturated rings. The maximum Gasteiger partial charge on any atom is 0.296 e. The largest absolute Gasteiger partial charge is 0.459 e. The highest BCUT2D eigenvalue weighted by Gasteiger charge is 2.32. The smallest absolute Gasteiger partial charge is 0.296 e. The van der Waals surface area contributed by atoms with Crippen LogP contribution in [-0.4, -0.2) is 35.6 Å². The van der Waals surface area contributed by atoms with Gasteiger partial charge >= 0.3 is 0 Å². The zero-order chi connectivity index (χ0) is 33.0. The number of fused-ring (bicyclic) bond motifs is 1. The van der Waals surface area contributed by atoms with Crippen molar-refractivity contribution in [3.8, 4) is 5.69 Å². The van der Waals surface area contributed by atoms with Gasteiger partial charge in [-0.15, -0.1) is 0 Å². The molecule has 236 valence electrons. The fourth-order valence-electron chi connectivity index (χ4n) is 5.50. The van der Waals surface area contributed by atoms with Gasteiger partial charge in [0.05, 0.1) is 27.5 Å². The SMILES string of the molecule is Cc1cc(Br)cc2cc(C(C(C)C)N(C)C(=O)c3cc(Cl)c(Cl)c(S(=O)(=O)Nc4c(C)n(C)n(-c5ccccc5)c4=O)c3)oc12. The fourth-order valence-corrected chi connectivity index (χ4v) is 8.02. The van der Waals surface area contributed by atoms with Crippen molar-refractivity contribution in [3.05, 3.63) is 108 Å². The summed E-state index contributed by atoms with van der Waals surface area (Å²) in [6.45, 7) is 7.48. The van der Waals surface area contributed by atoms with Crippen LogP contribution in [0.4, 0.5) is 5.69 Å². The van der Waals surface area contributed by atoms with E-state index in [1.807, 2.05) is 45.0 Å². The van der Waals surface area contributed by atoms with E-state index < -0.39 is 32.4 Å². The molecule has 1 N–H and O–H groups in total. The molecular weight excluding hydrogens is 703 g/mol. The minimum Gasteiger partial charge on any atom is -0.459 e. The van der Waals surface area contributed by atoms with Crippen LogP contribution in [0.3, 0.4) is 0 Å². The van der Waals surface area contributed by atoms with Crippen molar-refractivity contribution >= 4 is 71.7 Å². The number of sulfonamides is 1. The molecule has 0 radical (unpaired) electrons. The highest BCUT2D eigenvalue weighted by Crippen LogP contribution is 2.37. The van der Waals surface area contributed by atoms with Crippen molar-refractivity contribution in [1.82, 2.24) is 14.3 Å². The Balaban J connectivity index is 1.52. The minimum atomic E-state index is -4.48. The summed E-state index contributed by atoms with van der Waals surface area (Å²) in [5, 5.41) is 0.479. The number of hydrogen-bond donors (Lipinski definition) is 1. The van der Waals surface area contributed by atoms with Gasteiger partial charge in [-0.1, -0.05) is 71.2 Å². The predicted molar refractivity (Wildman–Crippen MR) is 181 cm³/mol. The van der Waals surface area contributed by atoms with E-state index >= 15 is 0 Å². The molecule has 5 aromatic rings. The summed E-state index contributed by atoms with van der Waals surface area (Å²) in [7, 11) is -1.21. The lowest BCUT2D eigenvalue weighted by molar-refractivity contribution is 0.0662. The number of rotatable bonds is 8. The Hall–Kier alpha value is -3.51. The molecule has 0 spiro atoms. The van der Waals surface area contributed by atoms with Crippen molar-refractivity contribution in [2.24, 2.45) is 13.0 Å². The number of anilines is 1. The number of nitrogens with one attached hydrogen (secondary N) is 1. The Morgan fingerprint density at radius 3 is 2.36 bits per heavy atom. The molecule has 2 heterocycles. The quantitative estimate of drug-likeness (QED) is 0.175. The van der Waals surface area contributed by atoms with E-state index in [-0.39, 0.29) is 27.2 Å². The van der Waals surface area contributed by atoms with E-state index in [4.69, 9.17) is 27.6 Å². The number of aryl methyl sites for hydroxylation is 1. The van der Waals surface area contributed by atoms with E-state index in [1.165, 1.54) is 21.7 Å². The average molecular weight is 735 g/mol. The monoisotopic (exact) mass is 732 g/mol. The molecule has 5 rings (SSSR count). The molecule has 1 amide bonds. The number of para-hydroxylation sites is 1. The van der Waals surface area contributed by atoms with Crippen LogP contribution in [0, 0.1) is 19.8 Å². The molecule has 1 atom stereocenters. The molecule has 0 bridgehead atoms. The van der Waals surface area contributed by atoms with E-state index in [9.17, 15) is 18.0 Å². The van der Waals surface area contributed by atoms with Crippen LogP contribution in [0.15, 0.2) is 79.2 Å². The summed E-state index contributed by atoms with van der Waals surface area (Å²) in [6, 6.07) is 16.6. The third-order valence-electron chi connectivity index (χ3n) is 7.77. The molecule has 9 nitrogen and oxygen atoms in total. The molecule has 0 aliphatic heterocycles. The van der Waals surface area contributed by atoms with Crippen molar-refractivity contribution in [2.45, 2.75) is 38.6 Å². The summed E-state index contributed by atoms with van der Waals surface area (Å²) >= 11 is 16.3. The standard InChI is InChI=1S/C32H31BrCl2N4O5S/c1-17(2)29(25-15-20-13-22(33)12-18(3)30(20)44-25)37(5)31(40)21-14-24(34)27(35)26(16-21)45(42,43)36-28-19(4)38(6)39(32(28)41)23-10-8-7-9-11-23/h7-17,29,36H,1-6H3. The Labute approximate surface area is 279 Å². The number of benzene rings is 3. The van der Waals surface area contributed by atoms with Gasteiger partial charge in [-0.2, -0.15) is 0 Å². The number of carbonyl (C=O) groups is 1. The molecular formula is C32H31BrCl2N4O5S. The first-order valence-electron chi connectivity index (χ1n) is 13.9. The highest BCUT2D eigenvalue weighted by atomic mass is 79.9. The second-order valence-corrected chi connectivity index (χ2v) is 14.6. The van der Waals surface area contributed by atoms with Crippen molar-refractivity contribution < 1.29 is 17.6 Å². The number of amides is 1. The van der Waals surface area contributed by atoms with Gasteiger partial charge in [0.15, 0.2) is 0 Å². The summed E-state index contributed by atoms with van der Waals surface area (Å²) in [4.78, 5) is 28.4. The van der Waals surface area contributed by atoms with Crippen LogP contribution in [0.5, 0.6) is 0 Å². The van der Waals surface area contributed by atoms with Gasteiger partial charge in [-0.25, -0.2) is 13.1 Å². The van der Waals surface area contributed by atoms with Gasteiger partial charge in [0.1, 0.15) is 21.9 Å². The van der Waals surface area contributed by atoms with Crippen molar-refractivity contribution in [1.29, 1.82) is 0 Å². The predicted octanol–water partition coefficient (Wildman–Crippen LogP) is 7.88. The van der Waals surface area contributed by atoms with E-state index in [0.717, 1.165) is 21.0 Å². The number of hydrogen-bond acceptors (Lipinski definition) is 5. The second kappa shape index (κ2) is 12.4. The lowest BCUT2D eigenvalue weighted by Gasteiger charge is -2.30. The second-order valence-electron chi connectivity index (χ2n) is 11.2. The van der Waals surface area contributed by atoms with Gasteiger partial charge < -0.3 is 9.32 Å². The third kappa shape index (κ3) is 6.06. The van der Waals surface area contributed by atoms with E-state index in [0.29, 0.717) is 17.1 Å². The molecule has 1 unspecified atom stereocenters. The van der Waals surface area contributed by atoms with Crippen LogP contribution in [-0.2, 0) is 17.1 Å². The highest BCUT2D eigenvalue weighted by molar-refractivity contribution is 9.10. The first-order chi connectivity index (χ1) is 21.1. The summed E-state index contributed by atoms with van der Waals surface area (Å²) in [6.07, 6.45) is 0. The normalized spacial score (nSPS) is 12.6. The van der Waals surface area contributed by atoms with Crippen LogP contribution in [0.25, 0.3) is 16.7 Å². The lowest BCUT2D eigenvalue weighted by Crippen LogP contribution is -2.34. The molecule has 2 aromatic heterocycles. The van der Waals surface area contributed by atoms with Crippen molar-refractivity contribution in [2.75, 3.05) is 11.8 Å². The Kier molecular flexibility index (Phi) is 9.02. The molecule has 13 heteroatoms. The van der Waals surface area contributed by atoms with Crippen LogP contribution < -0.4 is 10.3 Å². The Bertz CT molecular complexity index is 2120. The van der Waals surface area contributed by atoms with Gasteiger partial charge in [0, 0.05) is 29.5 Å². The number of nitrogens with zero attached hydrogens (tertiary/aromatic N) is 3. The molecule has 0 aliphatic carbocycles. The maximum absolute atomic E-state index is 13.9. The maximum atomic E-state index is 13.9. The first kappa shape index (κ1) is 32.9. The van der Waals surface area contributed by atoms with Crippen LogP contribution in [0.1, 0.15) is 47.3 Å². The zero-order valence-corrected chi connectivity index (χ0v) is 29.3. The minimum absolute atomic E-state index is 0.000517. The van der Waals surface area contributed by atoms with Crippen LogP contribution >= 0.6 is 39.1 Å². The molecule has 3 aromatic carbocycles. The van der Waals surface area contributed by atoms with E-state index in [2.05, 4.69) is 20.7 Å². The first-order valence-corrected chi connectivity index (χ1v) is 17.0. The number of furan rings is 1. The van der Waals surface area contributed by atoms with E-state index in [1.54, 1.807) is 50.0 Å². The third-order valence-corrected chi connectivity index (χ3v) is 10.5. The number of carbonyl (C=O) groups excluding carboxylic acids is 1. The number of halogens is 3.